The third-order valence-corrected chi connectivity index (χ3v) is 3.13. The first-order chi connectivity index (χ1) is 8.22. The Morgan fingerprint density at radius 2 is 2.41 bits per heavy atom. The van der Waals surface area contributed by atoms with Crippen LogP contribution in [0, 0.1) is 11.8 Å². The molecule has 2 rings (SSSR count). The Kier molecular flexibility index (Phi) is 3.90. The van der Waals surface area contributed by atoms with Gasteiger partial charge in [0.2, 0.25) is 0 Å². The maximum Gasteiger partial charge on any atom is 0.267 e. The van der Waals surface area contributed by atoms with Gasteiger partial charge in [-0.3, -0.25) is 4.79 Å². The number of nitrogens with zero attached hydrogens (tertiary/aromatic N) is 1. The van der Waals surface area contributed by atoms with E-state index >= 15 is 0 Å². The monoisotopic (exact) mass is 294 g/mol. The number of hydrogen-bond donors (Lipinski definition) is 1. The van der Waals surface area contributed by atoms with Crippen LogP contribution in [0.1, 0.15) is 42.7 Å². The van der Waals surface area contributed by atoms with Crippen LogP contribution in [0.25, 0.3) is 0 Å². The maximum absolute atomic E-state index is 12.0. The van der Waals surface area contributed by atoms with Crippen LogP contribution in [0.2, 0.25) is 0 Å². The van der Waals surface area contributed by atoms with Crippen LogP contribution in [0.15, 0.2) is 16.7 Å². The Balaban J connectivity index is 1.99. The fourth-order valence-corrected chi connectivity index (χ4v) is 2.17. The van der Waals surface area contributed by atoms with Crippen molar-refractivity contribution >= 4 is 21.8 Å². The quantitative estimate of drug-likeness (QED) is 0.672. The predicted molar refractivity (Wildman–Crippen MR) is 70.8 cm³/mol. The maximum atomic E-state index is 12.0. The molecule has 0 bridgehead atoms. The molecular weight excluding hydrogens is 280 g/mol. The smallest absolute Gasteiger partial charge is 0.267 e. The lowest BCUT2D eigenvalue weighted by Gasteiger charge is -2.07. The molecule has 1 heterocycles. The third kappa shape index (κ3) is 3.13. The van der Waals surface area contributed by atoms with Gasteiger partial charge in [0.05, 0.1) is 0 Å². The second-order valence-corrected chi connectivity index (χ2v) is 5.03. The number of carbonyl (C=O) groups is 1. The summed E-state index contributed by atoms with van der Waals surface area (Å²) in [5.74, 6) is 5.73. The lowest BCUT2D eigenvalue weighted by atomic mass is 10.3. The standard InChI is InChI=1S/C13H15BrN2O/c1-2-3-4-7-15-13(17)12-8-10(14)9-16(12)11-5-6-11/h8-9,11H,4-7H2,1H3,(H,15,17). The highest BCUT2D eigenvalue weighted by molar-refractivity contribution is 9.10. The van der Waals surface area contributed by atoms with Crippen molar-refractivity contribution in [2.75, 3.05) is 6.54 Å². The highest BCUT2D eigenvalue weighted by Gasteiger charge is 2.27. The first kappa shape index (κ1) is 12.3. The molecule has 17 heavy (non-hydrogen) atoms. The van der Waals surface area contributed by atoms with Crippen LogP contribution in [0.3, 0.4) is 0 Å². The first-order valence-electron chi connectivity index (χ1n) is 5.77. The molecule has 1 fully saturated rings. The minimum absolute atomic E-state index is 0.0134. The highest BCUT2D eigenvalue weighted by Crippen LogP contribution is 2.37. The zero-order chi connectivity index (χ0) is 12.3. The SMILES string of the molecule is CC#CCCNC(=O)c1cc(Br)cn1C1CC1. The molecule has 4 heteroatoms. The third-order valence-electron chi connectivity index (χ3n) is 2.70. The van der Waals surface area contributed by atoms with Crippen molar-refractivity contribution < 1.29 is 4.79 Å². The van der Waals surface area contributed by atoms with Crippen LogP contribution in [0.5, 0.6) is 0 Å². The first-order valence-corrected chi connectivity index (χ1v) is 6.57. The molecule has 1 aromatic heterocycles. The van der Waals surface area contributed by atoms with Gasteiger partial charge in [0, 0.05) is 29.7 Å². The van der Waals surface area contributed by atoms with Crippen molar-refractivity contribution in [3.8, 4) is 11.8 Å². The number of nitrogens with one attached hydrogen (secondary N) is 1. The van der Waals surface area contributed by atoms with Crippen LogP contribution >= 0.6 is 15.9 Å². The fraction of sp³-hybridized carbons (Fsp3) is 0.462. The molecule has 90 valence electrons. The number of halogens is 1. The summed E-state index contributed by atoms with van der Waals surface area (Å²) in [4.78, 5) is 12.0. The van der Waals surface area contributed by atoms with E-state index in [0.717, 1.165) is 10.2 Å². The Hall–Kier alpha value is -1.21. The van der Waals surface area contributed by atoms with E-state index in [2.05, 4.69) is 37.7 Å². The van der Waals surface area contributed by atoms with E-state index in [0.29, 0.717) is 19.0 Å². The van der Waals surface area contributed by atoms with Crippen molar-refractivity contribution in [2.24, 2.45) is 0 Å². The van der Waals surface area contributed by atoms with Gasteiger partial charge in [-0.2, -0.15) is 0 Å². The minimum atomic E-state index is -0.0134. The number of aromatic nitrogens is 1. The second kappa shape index (κ2) is 5.42. The zero-order valence-electron chi connectivity index (χ0n) is 9.79. The van der Waals surface area contributed by atoms with Gasteiger partial charge in [0.15, 0.2) is 0 Å². The minimum Gasteiger partial charge on any atom is -0.350 e. The second-order valence-electron chi connectivity index (χ2n) is 4.11. The van der Waals surface area contributed by atoms with E-state index in [9.17, 15) is 4.79 Å². The van der Waals surface area contributed by atoms with Gasteiger partial charge in [0.25, 0.3) is 5.91 Å². The van der Waals surface area contributed by atoms with E-state index in [1.54, 1.807) is 6.92 Å². The normalized spacial score (nSPS) is 14.0. The predicted octanol–water partition coefficient (Wildman–Crippen LogP) is 2.73. The summed E-state index contributed by atoms with van der Waals surface area (Å²) in [5, 5.41) is 2.89. The van der Waals surface area contributed by atoms with Gasteiger partial charge in [-0.15, -0.1) is 11.8 Å². The highest BCUT2D eigenvalue weighted by atomic mass is 79.9. The van der Waals surface area contributed by atoms with Crippen molar-refractivity contribution in [1.82, 2.24) is 9.88 Å². The molecule has 0 radical (unpaired) electrons. The Morgan fingerprint density at radius 1 is 1.65 bits per heavy atom. The largest absolute Gasteiger partial charge is 0.350 e. The van der Waals surface area contributed by atoms with Gasteiger partial charge in [0.1, 0.15) is 5.69 Å². The topological polar surface area (TPSA) is 34.0 Å². The van der Waals surface area contributed by atoms with Gasteiger partial charge >= 0.3 is 0 Å². The molecule has 0 unspecified atom stereocenters. The van der Waals surface area contributed by atoms with Crippen LogP contribution in [-0.2, 0) is 0 Å². The van der Waals surface area contributed by atoms with Crippen molar-refractivity contribution in [3.63, 3.8) is 0 Å². The number of rotatable bonds is 4. The molecule has 0 aliphatic heterocycles. The Bertz CT molecular complexity index is 477. The molecule has 1 aliphatic carbocycles. The molecule has 1 aliphatic rings. The van der Waals surface area contributed by atoms with Gasteiger partial charge < -0.3 is 9.88 Å². The molecule has 1 amide bonds. The van der Waals surface area contributed by atoms with E-state index in [1.807, 2.05) is 12.3 Å². The molecule has 0 spiro atoms. The summed E-state index contributed by atoms with van der Waals surface area (Å²) in [6.07, 6.45) is 5.03. The van der Waals surface area contributed by atoms with Crippen molar-refractivity contribution in [1.29, 1.82) is 0 Å². The van der Waals surface area contributed by atoms with Crippen LogP contribution in [0.4, 0.5) is 0 Å². The van der Waals surface area contributed by atoms with E-state index in [1.165, 1.54) is 12.8 Å². The molecule has 1 N–H and O–H groups in total. The molecule has 0 saturated heterocycles. The Labute approximate surface area is 110 Å². The molecule has 0 atom stereocenters. The van der Waals surface area contributed by atoms with Gasteiger partial charge in [-0.05, 0) is 41.8 Å². The van der Waals surface area contributed by atoms with E-state index in [-0.39, 0.29) is 5.91 Å². The average Bonchev–Trinajstić information content (AvgIpc) is 3.08. The Morgan fingerprint density at radius 3 is 3.06 bits per heavy atom. The number of carbonyl (C=O) groups excluding carboxylic acids is 1. The summed E-state index contributed by atoms with van der Waals surface area (Å²) in [5.41, 5.74) is 0.740. The summed E-state index contributed by atoms with van der Waals surface area (Å²) >= 11 is 3.42. The number of hydrogen-bond acceptors (Lipinski definition) is 1. The molecule has 1 saturated carbocycles. The van der Waals surface area contributed by atoms with Crippen LogP contribution < -0.4 is 5.32 Å². The summed E-state index contributed by atoms with van der Waals surface area (Å²) in [6, 6.07) is 2.39. The van der Waals surface area contributed by atoms with Gasteiger partial charge in [-0.25, -0.2) is 0 Å². The van der Waals surface area contributed by atoms with E-state index < -0.39 is 0 Å². The van der Waals surface area contributed by atoms with E-state index in [4.69, 9.17) is 0 Å². The van der Waals surface area contributed by atoms with Crippen molar-refractivity contribution in [3.05, 3.63) is 22.4 Å². The average molecular weight is 295 g/mol. The molecule has 1 aromatic rings. The summed E-state index contributed by atoms with van der Waals surface area (Å²) in [6.45, 7) is 2.41. The number of amides is 1. The fourth-order valence-electron chi connectivity index (χ4n) is 1.74. The molecule has 0 aromatic carbocycles. The zero-order valence-corrected chi connectivity index (χ0v) is 11.4. The lowest BCUT2D eigenvalue weighted by molar-refractivity contribution is 0.0945. The lowest BCUT2D eigenvalue weighted by Crippen LogP contribution is -2.26. The molecule has 3 nitrogen and oxygen atoms in total. The molecular formula is C13H15BrN2O. The summed E-state index contributed by atoms with van der Waals surface area (Å²) in [7, 11) is 0. The summed E-state index contributed by atoms with van der Waals surface area (Å²) < 4.78 is 3.02. The van der Waals surface area contributed by atoms with Crippen molar-refractivity contribution in [2.45, 2.75) is 32.2 Å². The van der Waals surface area contributed by atoms with Gasteiger partial charge in [-0.1, -0.05) is 0 Å². The van der Waals surface area contributed by atoms with Crippen LogP contribution in [-0.4, -0.2) is 17.0 Å².